The van der Waals surface area contributed by atoms with Crippen molar-refractivity contribution in [2.45, 2.75) is 32.7 Å². The minimum atomic E-state index is -0.346. The second kappa shape index (κ2) is 9.04. The Morgan fingerprint density at radius 3 is 2.38 bits per heavy atom. The SMILES string of the molecule is Cc1nn(C)c(C)c1NC(=O)CN1CCC(NC(=O)Nc2ccc(F)cc2)CC1. The first-order valence-electron chi connectivity index (χ1n) is 9.67. The van der Waals surface area contributed by atoms with Crippen molar-refractivity contribution in [1.29, 1.82) is 0 Å². The molecule has 3 amide bonds. The van der Waals surface area contributed by atoms with Crippen molar-refractivity contribution in [3.05, 3.63) is 41.5 Å². The number of urea groups is 1. The molecule has 2 aromatic rings. The summed E-state index contributed by atoms with van der Waals surface area (Å²) in [6, 6.07) is 5.36. The lowest BCUT2D eigenvalue weighted by Gasteiger charge is -2.31. The van der Waals surface area contributed by atoms with Gasteiger partial charge in [0.1, 0.15) is 5.82 Å². The topological polar surface area (TPSA) is 91.3 Å². The number of nitrogens with zero attached hydrogens (tertiary/aromatic N) is 3. The zero-order valence-electron chi connectivity index (χ0n) is 17.0. The Labute approximate surface area is 169 Å². The van der Waals surface area contributed by atoms with E-state index in [0.717, 1.165) is 43.0 Å². The van der Waals surface area contributed by atoms with Gasteiger partial charge in [-0.1, -0.05) is 0 Å². The molecule has 0 unspecified atom stereocenters. The molecule has 1 aromatic carbocycles. The number of nitrogens with one attached hydrogen (secondary N) is 3. The molecule has 2 heterocycles. The highest BCUT2D eigenvalue weighted by Gasteiger charge is 2.23. The number of halogens is 1. The Morgan fingerprint density at radius 1 is 1.14 bits per heavy atom. The maximum Gasteiger partial charge on any atom is 0.319 e. The lowest BCUT2D eigenvalue weighted by molar-refractivity contribution is -0.117. The third-order valence-corrected chi connectivity index (χ3v) is 5.17. The predicted octanol–water partition coefficient (Wildman–Crippen LogP) is 2.40. The molecule has 1 aliphatic heterocycles. The van der Waals surface area contributed by atoms with E-state index in [1.54, 1.807) is 4.68 Å². The van der Waals surface area contributed by atoms with E-state index in [9.17, 15) is 14.0 Å². The number of carbonyl (C=O) groups excluding carboxylic acids is 2. The van der Waals surface area contributed by atoms with Crippen molar-refractivity contribution < 1.29 is 14.0 Å². The van der Waals surface area contributed by atoms with Crippen molar-refractivity contribution in [3.8, 4) is 0 Å². The van der Waals surface area contributed by atoms with Gasteiger partial charge in [0.25, 0.3) is 0 Å². The van der Waals surface area contributed by atoms with Gasteiger partial charge in [-0.2, -0.15) is 5.10 Å². The largest absolute Gasteiger partial charge is 0.335 e. The third-order valence-electron chi connectivity index (χ3n) is 5.17. The summed E-state index contributed by atoms with van der Waals surface area (Å²) in [7, 11) is 1.85. The number of carbonyl (C=O) groups is 2. The van der Waals surface area contributed by atoms with Gasteiger partial charge >= 0.3 is 6.03 Å². The number of piperidine rings is 1. The normalized spacial score (nSPS) is 15.2. The molecule has 3 N–H and O–H groups in total. The first-order valence-corrected chi connectivity index (χ1v) is 9.67. The molecule has 9 heteroatoms. The molecule has 1 saturated heterocycles. The minimum absolute atomic E-state index is 0.0394. The summed E-state index contributed by atoms with van der Waals surface area (Å²) in [5.41, 5.74) is 3.03. The fourth-order valence-electron chi connectivity index (χ4n) is 3.46. The van der Waals surface area contributed by atoms with Crippen LogP contribution in [0.1, 0.15) is 24.2 Å². The third kappa shape index (κ3) is 5.54. The van der Waals surface area contributed by atoms with Gasteiger partial charge in [0.05, 0.1) is 23.6 Å². The lowest BCUT2D eigenvalue weighted by Crippen LogP contribution is -2.47. The highest BCUT2D eigenvalue weighted by Crippen LogP contribution is 2.18. The van der Waals surface area contributed by atoms with Crippen LogP contribution in [-0.2, 0) is 11.8 Å². The van der Waals surface area contributed by atoms with Gasteiger partial charge in [0, 0.05) is 31.9 Å². The van der Waals surface area contributed by atoms with Crippen LogP contribution in [-0.4, -0.2) is 52.3 Å². The lowest BCUT2D eigenvalue weighted by atomic mass is 10.1. The molecule has 3 rings (SSSR count). The molecule has 1 fully saturated rings. The summed E-state index contributed by atoms with van der Waals surface area (Å²) in [5.74, 6) is -0.411. The van der Waals surface area contributed by atoms with Gasteiger partial charge in [0.2, 0.25) is 5.91 Å². The Hall–Kier alpha value is -2.94. The number of aryl methyl sites for hydroxylation is 2. The van der Waals surface area contributed by atoms with Gasteiger partial charge in [-0.05, 0) is 51.0 Å². The van der Waals surface area contributed by atoms with Crippen molar-refractivity contribution in [2.75, 3.05) is 30.3 Å². The monoisotopic (exact) mass is 402 g/mol. The fraction of sp³-hybridized carbons (Fsp3) is 0.450. The molecular weight excluding hydrogens is 375 g/mol. The molecular formula is C20H27FN6O2. The fourth-order valence-corrected chi connectivity index (χ4v) is 3.46. The number of anilines is 2. The van der Waals surface area contributed by atoms with E-state index in [-0.39, 0.29) is 23.8 Å². The molecule has 29 heavy (non-hydrogen) atoms. The first-order chi connectivity index (χ1) is 13.8. The van der Waals surface area contributed by atoms with E-state index in [1.807, 2.05) is 20.9 Å². The van der Waals surface area contributed by atoms with Crippen molar-refractivity contribution in [2.24, 2.45) is 7.05 Å². The van der Waals surface area contributed by atoms with Crippen LogP contribution in [0, 0.1) is 19.7 Å². The highest BCUT2D eigenvalue weighted by atomic mass is 19.1. The van der Waals surface area contributed by atoms with Crippen LogP contribution >= 0.6 is 0 Å². The van der Waals surface area contributed by atoms with E-state index in [0.29, 0.717) is 12.2 Å². The number of rotatable bonds is 5. The smallest absolute Gasteiger partial charge is 0.319 e. The Kier molecular flexibility index (Phi) is 6.48. The summed E-state index contributed by atoms with van der Waals surface area (Å²) in [4.78, 5) is 26.6. The van der Waals surface area contributed by atoms with E-state index >= 15 is 0 Å². The number of hydrogen-bond donors (Lipinski definition) is 3. The zero-order chi connectivity index (χ0) is 21.0. The van der Waals surface area contributed by atoms with Crippen LogP contribution in [0.2, 0.25) is 0 Å². The van der Waals surface area contributed by atoms with E-state index < -0.39 is 0 Å². The van der Waals surface area contributed by atoms with Crippen molar-refractivity contribution in [1.82, 2.24) is 20.0 Å². The number of aromatic nitrogens is 2. The van der Waals surface area contributed by atoms with Crippen molar-refractivity contribution in [3.63, 3.8) is 0 Å². The van der Waals surface area contributed by atoms with E-state index in [1.165, 1.54) is 24.3 Å². The molecule has 8 nitrogen and oxygen atoms in total. The van der Waals surface area contributed by atoms with Crippen LogP contribution in [0.5, 0.6) is 0 Å². The summed E-state index contributed by atoms with van der Waals surface area (Å²) >= 11 is 0. The second-order valence-electron chi connectivity index (χ2n) is 7.37. The molecule has 0 saturated carbocycles. The summed E-state index contributed by atoms with van der Waals surface area (Å²) < 4.78 is 14.7. The van der Waals surface area contributed by atoms with Crippen LogP contribution in [0.25, 0.3) is 0 Å². The second-order valence-corrected chi connectivity index (χ2v) is 7.37. The van der Waals surface area contributed by atoms with E-state index in [4.69, 9.17) is 0 Å². The number of likely N-dealkylation sites (tertiary alicyclic amines) is 1. The molecule has 1 aliphatic rings. The molecule has 0 bridgehead atoms. The van der Waals surface area contributed by atoms with Gasteiger partial charge in [-0.25, -0.2) is 9.18 Å². The maximum absolute atomic E-state index is 12.9. The predicted molar refractivity (Wildman–Crippen MR) is 109 cm³/mol. The molecule has 0 aliphatic carbocycles. The Bertz CT molecular complexity index is 872. The average Bonchev–Trinajstić information content (AvgIpc) is 2.91. The summed E-state index contributed by atoms with van der Waals surface area (Å²) in [6.07, 6.45) is 1.52. The minimum Gasteiger partial charge on any atom is -0.335 e. The van der Waals surface area contributed by atoms with Crippen molar-refractivity contribution >= 4 is 23.3 Å². The van der Waals surface area contributed by atoms with Gasteiger partial charge in [-0.15, -0.1) is 0 Å². The van der Waals surface area contributed by atoms with Crippen LogP contribution in [0.15, 0.2) is 24.3 Å². The molecule has 0 radical (unpaired) electrons. The standard InChI is InChI=1S/C20H27FN6O2/c1-13-19(14(2)26(3)25-13)24-18(28)12-27-10-8-17(9-11-27)23-20(29)22-16-6-4-15(21)5-7-16/h4-7,17H,8-12H2,1-3H3,(H,24,28)(H2,22,23,29). The average molecular weight is 402 g/mol. The zero-order valence-corrected chi connectivity index (χ0v) is 17.0. The molecule has 1 aromatic heterocycles. The first kappa shape index (κ1) is 20.8. The number of hydrogen-bond acceptors (Lipinski definition) is 4. The molecule has 0 atom stereocenters. The summed E-state index contributed by atoms with van der Waals surface area (Å²) in [6.45, 7) is 5.54. The molecule has 0 spiro atoms. The van der Waals surface area contributed by atoms with Gasteiger partial charge in [0.15, 0.2) is 0 Å². The number of amides is 3. The van der Waals surface area contributed by atoms with Crippen LogP contribution in [0.3, 0.4) is 0 Å². The van der Waals surface area contributed by atoms with Crippen LogP contribution < -0.4 is 16.0 Å². The Balaban J connectivity index is 1.41. The quantitative estimate of drug-likeness (QED) is 0.716. The Morgan fingerprint density at radius 2 is 1.79 bits per heavy atom. The van der Waals surface area contributed by atoms with E-state index in [2.05, 4.69) is 25.9 Å². The van der Waals surface area contributed by atoms with Gasteiger partial charge in [-0.3, -0.25) is 14.4 Å². The van der Waals surface area contributed by atoms with Gasteiger partial charge < -0.3 is 16.0 Å². The number of benzene rings is 1. The maximum atomic E-state index is 12.9. The van der Waals surface area contributed by atoms with Crippen LogP contribution in [0.4, 0.5) is 20.6 Å². The highest BCUT2D eigenvalue weighted by molar-refractivity contribution is 5.93. The molecule has 156 valence electrons. The summed E-state index contributed by atoms with van der Waals surface area (Å²) in [5, 5.41) is 12.9.